The highest BCUT2D eigenvalue weighted by Gasteiger charge is 2.37. The number of nitrogens with zero attached hydrogens (tertiary/aromatic N) is 1. The van der Waals surface area contributed by atoms with Crippen molar-refractivity contribution in [3.05, 3.63) is 41.5 Å². The van der Waals surface area contributed by atoms with Gasteiger partial charge in [-0.05, 0) is 76.8 Å². The van der Waals surface area contributed by atoms with Gasteiger partial charge in [-0.2, -0.15) is 0 Å². The molecule has 0 spiro atoms. The molecule has 29 heavy (non-hydrogen) atoms. The van der Waals surface area contributed by atoms with E-state index in [0.717, 1.165) is 70.8 Å². The van der Waals surface area contributed by atoms with Crippen LogP contribution in [0.1, 0.15) is 35.2 Å². The monoisotopic (exact) mass is 391 g/mol. The number of hydrogen-bond acceptors (Lipinski definition) is 5. The number of carbonyl (C=O) groups excluding carboxylic acids is 1. The topological polar surface area (TPSA) is 48.0 Å². The van der Waals surface area contributed by atoms with Gasteiger partial charge in [-0.1, -0.05) is 6.42 Å². The number of methoxy groups -OCH3 is 3. The van der Waals surface area contributed by atoms with Crippen molar-refractivity contribution in [1.82, 2.24) is 4.90 Å². The third kappa shape index (κ3) is 2.68. The van der Waals surface area contributed by atoms with Gasteiger partial charge in [0.2, 0.25) is 0 Å². The van der Waals surface area contributed by atoms with E-state index in [2.05, 4.69) is 4.90 Å². The number of Topliss-reactive ketones (excluding diaryl/α,β-unsaturated/α-hetero) is 1. The Morgan fingerprint density at radius 3 is 2.31 bits per heavy atom. The van der Waals surface area contributed by atoms with Crippen molar-refractivity contribution in [1.29, 1.82) is 0 Å². The molecule has 0 N–H and O–H groups in total. The summed E-state index contributed by atoms with van der Waals surface area (Å²) in [6.45, 7) is 1.77. The fraction of sp³-hybridized carbons (Fsp3) is 0.375. The van der Waals surface area contributed by atoms with E-state index >= 15 is 0 Å². The second-order valence-corrected chi connectivity index (χ2v) is 7.86. The summed E-state index contributed by atoms with van der Waals surface area (Å²) in [7, 11) is 4.95. The SMILES string of the molecule is COc1ccc2c3c(c4cc(OC)c(OC)cc4c2c1)CN1CCCCC1C3=O. The highest BCUT2D eigenvalue weighted by molar-refractivity contribution is 6.21. The van der Waals surface area contributed by atoms with Gasteiger partial charge in [0, 0.05) is 12.1 Å². The number of fused-ring (bicyclic) bond motifs is 7. The zero-order chi connectivity index (χ0) is 20.1. The first-order valence-corrected chi connectivity index (χ1v) is 10.1. The second kappa shape index (κ2) is 6.92. The Bertz CT molecular complexity index is 1140. The van der Waals surface area contributed by atoms with Crippen LogP contribution in [0.15, 0.2) is 30.3 Å². The van der Waals surface area contributed by atoms with Crippen molar-refractivity contribution < 1.29 is 19.0 Å². The molecule has 0 bridgehead atoms. The van der Waals surface area contributed by atoms with Crippen LogP contribution in [0.2, 0.25) is 0 Å². The molecule has 2 heterocycles. The quantitative estimate of drug-likeness (QED) is 0.612. The van der Waals surface area contributed by atoms with Crippen molar-refractivity contribution in [2.24, 2.45) is 0 Å². The summed E-state index contributed by atoms with van der Waals surface area (Å²) in [6, 6.07) is 10.0. The van der Waals surface area contributed by atoms with Gasteiger partial charge in [-0.15, -0.1) is 0 Å². The van der Waals surface area contributed by atoms with Crippen molar-refractivity contribution in [2.45, 2.75) is 31.8 Å². The van der Waals surface area contributed by atoms with Gasteiger partial charge in [-0.3, -0.25) is 9.69 Å². The van der Waals surface area contributed by atoms with E-state index in [4.69, 9.17) is 14.2 Å². The third-order valence-corrected chi connectivity index (χ3v) is 6.46. The summed E-state index contributed by atoms with van der Waals surface area (Å²) < 4.78 is 16.6. The van der Waals surface area contributed by atoms with Crippen LogP contribution < -0.4 is 14.2 Å². The largest absolute Gasteiger partial charge is 0.497 e. The molecule has 2 aliphatic heterocycles. The zero-order valence-corrected chi connectivity index (χ0v) is 17.1. The smallest absolute Gasteiger partial charge is 0.180 e. The van der Waals surface area contributed by atoms with Gasteiger partial charge in [0.1, 0.15) is 5.75 Å². The Morgan fingerprint density at radius 2 is 1.59 bits per heavy atom. The normalized spacial score (nSPS) is 19.1. The van der Waals surface area contributed by atoms with E-state index < -0.39 is 0 Å². The predicted octanol–water partition coefficient (Wildman–Crippen LogP) is 4.57. The maximum Gasteiger partial charge on any atom is 0.180 e. The van der Waals surface area contributed by atoms with Crippen LogP contribution in [-0.4, -0.2) is 44.6 Å². The minimum absolute atomic E-state index is 0.000791. The number of ketones is 1. The Hall–Kier alpha value is -2.79. The van der Waals surface area contributed by atoms with E-state index in [1.54, 1.807) is 21.3 Å². The van der Waals surface area contributed by atoms with Gasteiger partial charge in [0.25, 0.3) is 0 Å². The first-order valence-electron chi connectivity index (χ1n) is 10.1. The lowest BCUT2D eigenvalue weighted by Crippen LogP contribution is -2.47. The third-order valence-electron chi connectivity index (χ3n) is 6.46. The molecule has 1 unspecified atom stereocenters. The molecule has 1 fully saturated rings. The van der Waals surface area contributed by atoms with Crippen LogP contribution in [0, 0.1) is 0 Å². The summed E-state index contributed by atoms with van der Waals surface area (Å²) in [6.07, 6.45) is 3.21. The molecule has 0 amide bonds. The highest BCUT2D eigenvalue weighted by atomic mass is 16.5. The molecular formula is C24H25NO4. The van der Waals surface area contributed by atoms with Gasteiger partial charge >= 0.3 is 0 Å². The fourth-order valence-electron chi connectivity index (χ4n) is 5.03. The van der Waals surface area contributed by atoms with Crippen LogP contribution in [-0.2, 0) is 6.54 Å². The minimum Gasteiger partial charge on any atom is -0.497 e. The van der Waals surface area contributed by atoms with Crippen molar-refractivity contribution in [2.75, 3.05) is 27.9 Å². The molecule has 0 aromatic heterocycles. The highest BCUT2D eigenvalue weighted by Crippen LogP contribution is 2.44. The summed E-state index contributed by atoms with van der Waals surface area (Å²) in [4.78, 5) is 16.0. The Morgan fingerprint density at radius 1 is 0.862 bits per heavy atom. The number of rotatable bonds is 3. The van der Waals surface area contributed by atoms with Gasteiger partial charge in [0.15, 0.2) is 17.3 Å². The lowest BCUT2D eigenvalue weighted by molar-refractivity contribution is 0.0690. The van der Waals surface area contributed by atoms with E-state index in [1.807, 2.05) is 30.3 Å². The van der Waals surface area contributed by atoms with Crippen LogP contribution in [0.4, 0.5) is 0 Å². The molecule has 5 nitrogen and oxygen atoms in total. The number of piperidine rings is 1. The van der Waals surface area contributed by atoms with Crippen molar-refractivity contribution in [3.8, 4) is 17.2 Å². The maximum absolute atomic E-state index is 13.6. The summed E-state index contributed by atoms with van der Waals surface area (Å²) in [5.74, 6) is 2.38. The Labute approximate surface area is 170 Å². The number of hydrogen-bond donors (Lipinski definition) is 0. The molecule has 2 aliphatic rings. The lowest BCUT2D eigenvalue weighted by Gasteiger charge is -2.39. The van der Waals surface area contributed by atoms with Gasteiger partial charge < -0.3 is 14.2 Å². The van der Waals surface area contributed by atoms with E-state index in [1.165, 1.54) is 0 Å². The summed E-state index contributed by atoms with van der Waals surface area (Å²) >= 11 is 0. The first-order chi connectivity index (χ1) is 14.2. The minimum atomic E-state index is -0.000791. The molecule has 150 valence electrons. The fourth-order valence-corrected chi connectivity index (χ4v) is 5.03. The predicted molar refractivity (Wildman–Crippen MR) is 113 cm³/mol. The average Bonchev–Trinajstić information content (AvgIpc) is 2.77. The number of ether oxygens (including phenoxy) is 3. The Kier molecular flexibility index (Phi) is 4.36. The lowest BCUT2D eigenvalue weighted by atomic mass is 9.81. The molecule has 3 aromatic rings. The molecule has 1 saturated heterocycles. The molecule has 0 radical (unpaired) electrons. The molecule has 5 rings (SSSR count). The zero-order valence-electron chi connectivity index (χ0n) is 17.1. The molecular weight excluding hydrogens is 366 g/mol. The van der Waals surface area contributed by atoms with Crippen LogP contribution in [0.25, 0.3) is 21.5 Å². The van der Waals surface area contributed by atoms with Crippen LogP contribution in [0.5, 0.6) is 17.2 Å². The van der Waals surface area contributed by atoms with E-state index in [9.17, 15) is 4.79 Å². The molecule has 0 saturated carbocycles. The Balaban J connectivity index is 1.90. The molecule has 0 aliphatic carbocycles. The number of carbonyl (C=O) groups is 1. The standard InChI is InChI=1S/C24H25NO4/c1-27-14-7-8-15-16(10-14)17-11-21(28-2)22(29-3)12-18(17)19-13-25-9-5-4-6-20(25)24(26)23(15)19/h7-8,10-12,20H,4-6,9,13H2,1-3H3. The average molecular weight is 391 g/mol. The van der Waals surface area contributed by atoms with Crippen molar-refractivity contribution >= 4 is 27.3 Å². The molecule has 5 heteroatoms. The first kappa shape index (κ1) is 18.3. The second-order valence-electron chi connectivity index (χ2n) is 7.86. The maximum atomic E-state index is 13.6. The van der Waals surface area contributed by atoms with E-state index in [0.29, 0.717) is 11.5 Å². The number of benzene rings is 3. The molecule has 1 atom stereocenters. The summed E-state index contributed by atoms with van der Waals surface area (Å²) in [5, 5.41) is 4.11. The molecule has 3 aromatic carbocycles. The van der Waals surface area contributed by atoms with Crippen LogP contribution in [0.3, 0.4) is 0 Å². The summed E-state index contributed by atoms with van der Waals surface area (Å²) in [5.41, 5.74) is 1.97. The van der Waals surface area contributed by atoms with Crippen molar-refractivity contribution in [3.63, 3.8) is 0 Å². The van der Waals surface area contributed by atoms with Gasteiger partial charge in [0.05, 0.1) is 27.4 Å². The van der Waals surface area contributed by atoms with E-state index in [-0.39, 0.29) is 11.8 Å². The van der Waals surface area contributed by atoms with Gasteiger partial charge in [-0.25, -0.2) is 0 Å². The van der Waals surface area contributed by atoms with Crippen LogP contribution >= 0.6 is 0 Å².